The van der Waals surface area contributed by atoms with Gasteiger partial charge >= 0.3 is 0 Å². The molecule has 0 amide bonds. The Morgan fingerprint density at radius 3 is 3.05 bits per heavy atom. The molecule has 21 heavy (non-hydrogen) atoms. The summed E-state index contributed by atoms with van der Waals surface area (Å²) in [5, 5.41) is 12.7. The predicted molar refractivity (Wildman–Crippen MR) is 83.9 cm³/mol. The summed E-state index contributed by atoms with van der Waals surface area (Å²) in [6, 6.07) is 6.11. The van der Waals surface area contributed by atoms with E-state index in [1.54, 1.807) is 11.3 Å². The number of thiophene rings is 1. The van der Waals surface area contributed by atoms with E-state index in [-0.39, 0.29) is 0 Å². The Hall–Kier alpha value is -2.21. The molecular weight excluding hydrogens is 282 g/mol. The molecule has 0 bridgehead atoms. The van der Waals surface area contributed by atoms with E-state index < -0.39 is 0 Å². The van der Waals surface area contributed by atoms with Crippen LogP contribution in [-0.4, -0.2) is 20.2 Å². The van der Waals surface area contributed by atoms with Crippen LogP contribution >= 0.6 is 11.3 Å². The molecule has 3 aromatic heterocycles. The molecule has 3 aromatic rings. The highest BCUT2D eigenvalue weighted by atomic mass is 32.1. The minimum absolute atomic E-state index is 0.668. The summed E-state index contributed by atoms with van der Waals surface area (Å²) in [6.45, 7) is 2.00. The van der Waals surface area contributed by atoms with Crippen molar-refractivity contribution in [1.29, 1.82) is 0 Å². The molecule has 0 atom stereocenters. The first-order valence-corrected chi connectivity index (χ1v) is 7.87. The fourth-order valence-corrected chi connectivity index (χ4v) is 2.88. The Balaban J connectivity index is 1.62. The van der Waals surface area contributed by atoms with Crippen molar-refractivity contribution in [3.05, 3.63) is 41.0 Å². The van der Waals surface area contributed by atoms with Gasteiger partial charge in [0.25, 0.3) is 0 Å². The number of aryl methyl sites for hydroxylation is 1. The van der Waals surface area contributed by atoms with Crippen molar-refractivity contribution in [2.75, 3.05) is 5.32 Å². The molecule has 0 radical (unpaired) electrons. The van der Waals surface area contributed by atoms with Gasteiger partial charge in [0.1, 0.15) is 5.82 Å². The van der Waals surface area contributed by atoms with Crippen LogP contribution in [0.3, 0.4) is 0 Å². The van der Waals surface area contributed by atoms with Gasteiger partial charge in [-0.1, -0.05) is 6.07 Å². The molecule has 0 unspecified atom stereocenters. The van der Waals surface area contributed by atoms with Gasteiger partial charge in [-0.15, -0.1) is 11.3 Å². The monoisotopic (exact) mass is 297 g/mol. The van der Waals surface area contributed by atoms with Crippen LogP contribution in [0.2, 0.25) is 0 Å². The molecule has 0 aromatic carbocycles. The Morgan fingerprint density at radius 1 is 1.38 bits per heavy atom. The zero-order valence-electron chi connectivity index (χ0n) is 11.6. The molecule has 0 saturated heterocycles. The smallest absolute Gasteiger partial charge is 0.171 e. The van der Waals surface area contributed by atoms with Crippen molar-refractivity contribution in [3.63, 3.8) is 0 Å². The molecule has 106 valence electrons. The second-order valence-electron chi connectivity index (χ2n) is 5.31. The molecule has 1 aliphatic carbocycles. The third-order valence-corrected chi connectivity index (χ3v) is 4.44. The van der Waals surface area contributed by atoms with Gasteiger partial charge in [0.05, 0.1) is 4.88 Å². The summed E-state index contributed by atoms with van der Waals surface area (Å²) in [5.74, 6) is 3.04. The summed E-state index contributed by atoms with van der Waals surface area (Å²) in [4.78, 5) is 10.1. The zero-order valence-corrected chi connectivity index (χ0v) is 12.4. The van der Waals surface area contributed by atoms with Gasteiger partial charge in [-0.25, -0.2) is 9.97 Å². The molecule has 0 spiro atoms. The number of H-pyrrole nitrogens is 1. The maximum absolute atomic E-state index is 4.61. The van der Waals surface area contributed by atoms with E-state index >= 15 is 0 Å². The lowest BCUT2D eigenvalue weighted by molar-refractivity contribution is 0.966. The number of rotatable bonds is 4. The first kappa shape index (κ1) is 12.5. The zero-order chi connectivity index (χ0) is 14.2. The summed E-state index contributed by atoms with van der Waals surface area (Å²) in [6.07, 6.45) is 4.37. The van der Waals surface area contributed by atoms with Crippen molar-refractivity contribution in [2.24, 2.45) is 0 Å². The van der Waals surface area contributed by atoms with Gasteiger partial charge in [-0.05, 0) is 31.2 Å². The number of hydrogen-bond acceptors (Lipinski definition) is 5. The molecule has 6 heteroatoms. The van der Waals surface area contributed by atoms with Crippen LogP contribution in [0.25, 0.3) is 10.7 Å². The lowest BCUT2D eigenvalue weighted by Crippen LogP contribution is -1.99. The number of nitrogens with one attached hydrogen (secondary N) is 2. The molecule has 4 rings (SSSR count). The molecule has 2 N–H and O–H groups in total. The highest BCUT2D eigenvalue weighted by molar-refractivity contribution is 7.13. The first-order valence-electron chi connectivity index (χ1n) is 6.99. The maximum Gasteiger partial charge on any atom is 0.171 e. The van der Waals surface area contributed by atoms with E-state index in [2.05, 4.69) is 31.5 Å². The minimum atomic E-state index is 0.668. The van der Waals surface area contributed by atoms with Crippen LogP contribution in [-0.2, 0) is 0 Å². The highest BCUT2D eigenvalue weighted by Gasteiger charge is 2.25. The first-order chi connectivity index (χ1) is 10.3. The van der Waals surface area contributed by atoms with Crippen molar-refractivity contribution in [2.45, 2.75) is 25.7 Å². The average molecular weight is 297 g/mol. The Labute approximate surface area is 126 Å². The average Bonchev–Trinajstić information content (AvgIpc) is 3.01. The van der Waals surface area contributed by atoms with Crippen LogP contribution in [0.1, 0.15) is 30.0 Å². The summed E-state index contributed by atoms with van der Waals surface area (Å²) < 4.78 is 0. The number of aromatic amines is 1. The SMILES string of the molecule is Cc1cnc(-c2cccs2)nc1Nc1cc(C2CC2)[nH]n1. The number of anilines is 2. The van der Waals surface area contributed by atoms with Crippen molar-refractivity contribution >= 4 is 23.0 Å². The van der Waals surface area contributed by atoms with E-state index in [0.29, 0.717) is 5.92 Å². The van der Waals surface area contributed by atoms with E-state index in [0.717, 1.165) is 27.9 Å². The summed E-state index contributed by atoms with van der Waals surface area (Å²) >= 11 is 1.64. The topological polar surface area (TPSA) is 66.5 Å². The minimum Gasteiger partial charge on any atom is -0.323 e. The maximum atomic E-state index is 4.61. The lowest BCUT2D eigenvalue weighted by atomic mass is 10.3. The molecular formula is C15H15N5S. The predicted octanol–water partition coefficient (Wildman–Crippen LogP) is 3.86. The fourth-order valence-electron chi connectivity index (χ4n) is 2.22. The standard InChI is InChI=1S/C15H15N5S/c1-9-8-16-15(12-3-2-6-21-12)18-14(9)17-13-7-11(19-20-13)10-4-5-10/h2-3,6-8,10H,4-5H2,1H3,(H2,16,17,18,19,20). The summed E-state index contributed by atoms with van der Waals surface area (Å²) in [5.41, 5.74) is 2.22. The molecule has 1 fully saturated rings. The third-order valence-electron chi connectivity index (χ3n) is 3.57. The Morgan fingerprint density at radius 2 is 2.29 bits per heavy atom. The van der Waals surface area contributed by atoms with Crippen molar-refractivity contribution < 1.29 is 0 Å². The highest BCUT2D eigenvalue weighted by Crippen LogP contribution is 2.39. The molecule has 1 aliphatic rings. The van der Waals surface area contributed by atoms with Crippen molar-refractivity contribution in [3.8, 4) is 10.7 Å². The van der Waals surface area contributed by atoms with Gasteiger partial charge in [0.2, 0.25) is 0 Å². The molecule has 3 heterocycles. The van der Waals surface area contributed by atoms with E-state index in [4.69, 9.17) is 0 Å². The molecule has 1 saturated carbocycles. The Kier molecular flexibility index (Phi) is 2.96. The van der Waals surface area contributed by atoms with Gasteiger partial charge in [-0.2, -0.15) is 5.10 Å². The normalized spacial score (nSPS) is 14.3. The van der Waals surface area contributed by atoms with Crippen LogP contribution in [0.4, 0.5) is 11.6 Å². The van der Waals surface area contributed by atoms with Gasteiger partial charge < -0.3 is 5.32 Å². The van der Waals surface area contributed by atoms with Crippen LogP contribution in [0.5, 0.6) is 0 Å². The quantitative estimate of drug-likeness (QED) is 0.767. The van der Waals surface area contributed by atoms with Gasteiger partial charge in [0, 0.05) is 29.4 Å². The number of aromatic nitrogens is 4. The molecule has 5 nitrogen and oxygen atoms in total. The second kappa shape index (κ2) is 4.96. The van der Waals surface area contributed by atoms with Gasteiger partial charge in [0.15, 0.2) is 11.6 Å². The number of nitrogens with zero attached hydrogens (tertiary/aromatic N) is 3. The summed E-state index contributed by atoms with van der Waals surface area (Å²) in [7, 11) is 0. The van der Waals surface area contributed by atoms with E-state index in [9.17, 15) is 0 Å². The number of hydrogen-bond donors (Lipinski definition) is 2. The van der Waals surface area contributed by atoms with Crippen LogP contribution < -0.4 is 5.32 Å². The largest absolute Gasteiger partial charge is 0.323 e. The second-order valence-corrected chi connectivity index (χ2v) is 6.26. The third kappa shape index (κ3) is 2.54. The van der Waals surface area contributed by atoms with Crippen LogP contribution in [0, 0.1) is 6.92 Å². The fraction of sp³-hybridized carbons (Fsp3) is 0.267. The van der Waals surface area contributed by atoms with E-state index in [1.165, 1.54) is 18.5 Å². The van der Waals surface area contributed by atoms with Crippen LogP contribution in [0.15, 0.2) is 29.8 Å². The lowest BCUT2D eigenvalue weighted by Gasteiger charge is -2.06. The van der Waals surface area contributed by atoms with E-state index in [1.807, 2.05) is 30.6 Å². The molecule has 0 aliphatic heterocycles. The Bertz CT molecular complexity index is 758. The van der Waals surface area contributed by atoms with Gasteiger partial charge in [-0.3, -0.25) is 5.10 Å². The van der Waals surface area contributed by atoms with Crippen molar-refractivity contribution in [1.82, 2.24) is 20.2 Å².